The van der Waals surface area contributed by atoms with Gasteiger partial charge in [0.15, 0.2) is 17.3 Å². The molecule has 0 fully saturated rings. The van der Waals surface area contributed by atoms with E-state index >= 15 is 0 Å². The molecule has 0 amide bonds. The van der Waals surface area contributed by atoms with E-state index in [9.17, 15) is 0 Å². The number of aromatic nitrogens is 3. The number of nitrogens with zero attached hydrogens (tertiary/aromatic N) is 4. The highest BCUT2D eigenvalue weighted by Gasteiger charge is 2.08. The molecule has 3 aromatic rings. The molecule has 0 spiro atoms. The Labute approximate surface area is 170 Å². The minimum Gasteiger partial charge on any atom is -0.493 e. The molecule has 3 rings (SSSR count). The molecule has 0 unspecified atom stereocenters. The molecule has 0 bridgehead atoms. The van der Waals surface area contributed by atoms with Crippen LogP contribution >= 0.6 is 27.7 Å². The zero-order valence-electron chi connectivity index (χ0n) is 15.2. The molecule has 1 heterocycles. The minimum absolute atomic E-state index is 0.466. The van der Waals surface area contributed by atoms with E-state index in [1.165, 1.54) is 11.8 Å². The maximum atomic E-state index is 5.90. The van der Waals surface area contributed by atoms with Crippen molar-refractivity contribution in [1.82, 2.24) is 14.9 Å². The average Bonchev–Trinajstić information content (AvgIpc) is 3.05. The van der Waals surface area contributed by atoms with Gasteiger partial charge in [-0.05, 0) is 54.6 Å². The van der Waals surface area contributed by atoms with E-state index in [1.54, 1.807) is 18.0 Å². The van der Waals surface area contributed by atoms with Crippen LogP contribution in [0.15, 0.2) is 57.2 Å². The molecule has 0 aliphatic heterocycles. The molecule has 0 aliphatic carbocycles. The van der Waals surface area contributed by atoms with Crippen molar-refractivity contribution < 1.29 is 9.47 Å². The molecule has 0 saturated heterocycles. The summed E-state index contributed by atoms with van der Waals surface area (Å²) in [6.45, 7) is 2.33. The van der Waals surface area contributed by atoms with Gasteiger partial charge in [-0.25, -0.2) is 0 Å². The summed E-state index contributed by atoms with van der Waals surface area (Å²) in [6, 6.07) is 13.7. The third-order valence-electron chi connectivity index (χ3n) is 3.77. The monoisotopic (exact) mass is 446 g/mol. The number of methoxy groups -OCH3 is 1. The smallest absolute Gasteiger partial charge is 0.211 e. The van der Waals surface area contributed by atoms with Gasteiger partial charge in [-0.3, -0.25) is 0 Å². The molecule has 27 heavy (non-hydrogen) atoms. The number of halogens is 1. The Morgan fingerprint density at radius 1 is 1.15 bits per heavy atom. The zero-order chi connectivity index (χ0) is 19.2. The van der Waals surface area contributed by atoms with Gasteiger partial charge in [-0.15, -0.1) is 10.2 Å². The number of rotatable bonds is 7. The number of hydrogen-bond acceptors (Lipinski definition) is 6. The van der Waals surface area contributed by atoms with Gasteiger partial charge in [0.1, 0.15) is 6.61 Å². The van der Waals surface area contributed by atoms with Crippen molar-refractivity contribution in [3.63, 3.8) is 0 Å². The number of thioether (sulfide) groups is 1. The van der Waals surface area contributed by atoms with Gasteiger partial charge in [0.05, 0.1) is 13.3 Å². The fourth-order valence-corrected chi connectivity index (χ4v) is 3.09. The molecular formula is C19H19BrN4O2S. The lowest BCUT2D eigenvalue weighted by molar-refractivity contribution is 0.284. The molecule has 140 valence electrons. The van der Waals surface area contributed by atoms with Crippen molar-refractivity contribution in [3.05, 3.63) is 63.9 Å². The molecule has 0 N–H and O–H groups in total. The van der Waals surface area contributed by atoms with Crippen molar-refractivity contribution in [2.24, 2.45) is 5.10 Å². The summed E-state index contributed by atoms with van der Waals surface area (Å²) in [6.07, 6.45) is 3.69. The number of aryl methyl sites for hydroxylation is 1. The van der Waals surface area contributed by atoms with E-state index in [1.807, 2.05) is 55.6 Å². The Hall–Kier alpha value is -2.32. The molecule has 0 atom stereocenters. The van der Waals surface area contributed by atoms with Crippen LogP contribution in [0.4, 0.5) is 0 Å². The highest BCUT2D eigenvalue weighted by atomic mass is 79.9. The first kappa shape index (κ1) is 19.4. The second-order valence-electron chi connectivity index (χ2n) is 5.62. The van der Waals surface area contributed by atoms with Crippen molar-refractivity contribution >= 4 is 33.9 Å². The second kappa shape index (κ2) is 9.05. The van der Waals surface area contributed by atoms with Crippen molar-refractivity contribution in [2.45, 2.75) is 18.7 Å². The third kappa shape index (κ3) is 4.90. The maximum absolute atomic E-state index is 5.90. The summed E-state index contributed by atoms with van der Waals surface area (Å²) in [5, 5.41) is 13.3. The third-order valence-corrected chi connectivity index (χ3v) is 4.92. The van der Waals surface area contributed by atoms with Gasteiger partial charge < -0.3 is 9.47 Å². The van der Waals surface area contributed by atoms with E-state index in [0.29, 0.717) is 18.1 Å². The normalized spacial score (nSPS) is 11.1. The van der Waals surface area contributed by atoms with E-state index < -0.39 is 0 Å². The largest absolute Gasteiger partial charge is 0.493 e. The van der Waals surface area contributed by atoms with Crippen LogP contribution in [0.1, 0.15) is 17.0 Å². The first-order valence-corrected chi connectivity index (χ1v) is 10.2. The number of benzene rings is 2. The lowest BCUT2D eigenvalue weighted by Gasteiger charge is -2.11. The molecular weight excluding hydrogens is 428 g/mol. The van der Waals surface area contributed by atoms with Gasteiger partial charge in [-0.1, -0.05) is 39.8 Å². The van der Waals surface area contributed by atoms with Crippen LogP contribution < -0.4 is 9.47 Å². The molecule has 8 heteroatoms. The van der Waals surface area contributed by atoms with Crippen LogP contribution in [0.5, 0.6) is 11.5 Å². The molecule has 0 radical (unpaired) electrons. The van der Waals surface area contributed by atoms with Crippen molar-refractivity contribution in [2.75, 3.05) is 13.4 Å². The van der Waals surface area contributed by atoms with Crippen LogP contribution in [-0.2, 0) is 6.61 Å². The van der Waals surface area contributed by atoms with Gasteiger partial charge in [-0.2, -0.15) is 9.78 Å². The van der Waals surface area contributed by atoms with Gasteiger partial charge in [0, 0.05) is 4.47 Å². The van der Waals surface area contributed by atoms with Crippen molar-refractivity contribution in [1.29, 1.82) is 0 Å². The Morgan fingerprint density at radius 3 is 2.63 bits per heavy atom. The van der Waals surface area contributed by atoms with Crippen LogP contribution in [0.2, 0.25) is 0 Å². The first-order valence-electron chi connectivity index (χ1n) is 8.16. The fraction of sp³-hybridized carbons (Fsp3) is 0.211. The Bertz CT molecular complexity index is 941. The highest BCUT2D eigenvalue weighted by Crippen LogP contribution is 2.28. The van der Waals surface area contributed by atoms with Crippen LogP contribution in [-0.4, -0.2) is 34.5 Å². The van der Waals surface area contributed by atoms with E-state index in [-0.39, 0.29) is 0 Å². The van der Waals surface area contributed by atoms with Crippen LogP contribution in [0.3, 0.4) is 0 Å². The predicted octanol–water partition coefficient (Wildman–Crippen LogP) is 4.54. The van der Waals surface area contributed by atoms with Gasteiger partial charge in [0.2, 0.25) is 5.16 Å². The van der Waals surface area contributed by atoms with Gasteiger partial charge in [0.25, 0.3) is 0 Å². The lowest BCUT2D eigenvalue weighted by Crippen LogP contribution is -1.99. The predicted molar refractivity (Wildman–Crippen MR) is 111 cm³/mol. The first-order chi connectivity index (χ1) is 13.1. The molecule has 1 aromatic heterocycles. The maximum Gasteiger partial charge on any atom is 0.211 e. The summed E-state index contributed by atoms with van der Waals surface area (Å²) in [7, 11) is 1.62. The quantitative estimate of drug-likeness (QED) is 0.393. The van der Waals surface area contributed by atoms with Crippen LogP contribution in [0.25, 0.3) is 0 Å². The standard InChI is InChI=1S/C19H19BrN4O2S/c1-13-22-23-19(27-3)24(13)21-11-15-6-9-17(18(10-15)25-2)26-12-14-4-7-16(20)8-5-14/h4-11H,12H2,1-3H3/b21-11-. The van der Waals surface area contributed by atoms with E-state index in [2.05, 4.69) is 31.2 Å². The minimum atomic E-state index is 0.466. The summed E-state index contributed by atoms with van der Waals surface area (Å²) in [5.41, 5.74) is 1.97. The van der Waals surface area contributed by atoms with E-state index in [0.717, 1.165) is 26.6 Å². The number of ether oxygens (including phenoxy) is 2. The number of hydrogen-bond donors (Lipinski definition) is 0. The fourth-order valence-electron chi connectivity index (χ4n) is 2.35. The van der Waals surface area contributed by atoms with E-state index in [4.69, 9.17) is 9.47 Å². The summed E-state index contributed by atoms with van der Waals surface area (Å²) in [4.78, 5) is 0. The summed E-state index contributed by atoms with van der Waals surface area (Å²) in [5.74, 6) is 2.07. The molecule has 2 aromatic carbocycles. The Kier molecular flexibility index (Phi) is 6.52. The second-order valence-corrected chi connectivity index (χ2v) is 7.30. The highest BCUT2D eigenvalue weighted by molar-refractivity contribution is 9.10. The summed E-state index contributed by atoms with van der Waals surface area (Å²) >= 11 is 4.93. The summed E-state index contributed by atoms with van der Waals surface area (Å²) < 4.78 is 14.1. The molecule has 6 nitrogen and oxygen atoms in total. The zero-order valence-corrected chi connectivity index (χ0v) is 17.6. The SMILES string of the molecule is COc1cc(/C=N\n2c(C)nnc2SC)ccc1OCc1ccc(Br)cc1. The van der Waals surface area contributed by atoms with Crippen LogP contribution in [0, 0.1) is 6.92 Å². The van der Waals surface area contributed by atoms with Crippen molar-refractivity contribution in [3.8, 4) is 11.5 Å². The van der Waals surface area contributed by atoms with Gasteiger partial charge >= 0.3 is 0 Å². The molecule has 0 saturated carbocycles. The molecule has 0 aliphatic rings. The topological polar surface area (TPSA) is 61.5 Å². The Balaban J connectivity index is 1.74. The Morgan fingerprint density at radius 2 is 1.93 bits per heavy atom. The average molecular weight is 447 g/mol. The lowest BCUT2D eigenvalue weighted by atomic mass is 10.2.